The van der Waals surface area contributed by atoms with Gasteiger partial charge < -0.3 is 26.0 Å². The summed E-state index contributed by atoms with van der Waals surface area (Å²) < 4.78 is 5.43. The highest BCUT2D eigenvalue weighted by atomic mass is 16.5. The van der Waals surface area contributed by atoms with Crippen LogP contribution in [0.2, 0.25) is 0 Å². The Morgan fingerprint density at radius 2 is 1.91 bits per heavy atom. The molecule has 0 spiro atoms. The molecule has 4 rings (SSSR count). The molecular weight excluding hydrogens is 408 g/mol. The van der Waals surface area contributed by atoms with Crippen molar-refractivity contribution in [2.24, 2.45) is 11.8 Å². The van der Waals surface area contributed by atoms with Crippen LogP contribution in [-0.2, 0) is 16.1 Å². The standard InChI is InChI=1S/C22H28N8O2/c1-3-17(31)29-18-14-10-30(11-15(14)18)16-9-27-20(23)19(28-16)22(25)32-21(24)13-6-4-12(5-7-13)8-26-2/h4-7,9,14-15,18,24-26H,3,8,10-11H2,1-2H3,(H2,23,27)(H,29,31)/t14-,15?,18+/m0/s1. The molecule has 1 aromatic heterocycles. The largest absolute Gasteiger partial charge is 0.419 e. The molecule has 10 nitrogen and oxygen atoms in total. The minimum absolute atomic E-state index is 0.0772. The van der Waals surface area contributed by atoms with E-state index in [4.69, 9.17) is 21.3 Å². The maximum atomic E-state index is 11.6. The lowest BCUT2D eigenvalue weighted by atomic mass is 10.1. The quantitative estimate of drug-likeness (QED) is 0.322. The second kappa shape index (κ2) is 8.91. The normalized spacial score (nSPS) is 21.1. The molecule has 1 saturated carbocycles. The van der Waals surface area contributed by atoms with E-state index in [1.807, 2.05) is 26.1 Å². The average Bonchev–Trinajstić information content (AvgIpc) is 3.21. The van der Waals surface area contributed by atoms with Gasteiger partial charge in [-0.2, -0.15) is 0 Å². The van der Waals surface area contributed by atoms with Crippen molar-refractivity contribution in [1.29, 1.82) is 10.8 Å². The number of nitrogen functional groups attached to an aromatic ring is 1. The van der Waals surface area contributed by atoms with Gasteiger partial charge >= 0.3 is 0 Å². The Bertz CT molecular complexity index is 1030. The molecule has 2 heterocycles. The van der Waals surface area contributed by atoms with E-state index in [-0.39, 0.29) is 35.3 Å². The molecule has 3 atom stereocenters. The predicted molar refractivity (Wildman–Crippen MR) is 122 cm³/mol. The van der Waals surface area contributed by atoms with Gasteiger partial charge in [0.1, 0.15) is 5.82 Å². The number of benzene rings is 1. The molecule has 1 aromatic carbocycles. The number of rotatable bonds is 7. The van der Waals surface area contributed by atoms with Crippen LogP contribution in [0.5, 0.6) is 0 Å². The molecule has 2 aliphatic rings. The monoisotopic (exact) mass is 436 g/mol. The first kappa shape index (κ1) is 21.7. The molecule has 32 heavy (non-hydrogen) atoms. The zero-order chi connectivity index (χ0) is 22.8. The lowest BCUT2D eigenvalue weighted by Crippen LogP contribution is -2.34. The second-order valence-corrected chi connectivity index (χ2v) is 8.13. The maximum absolute atomic E-state index is 11.6. The van der Waals surface area contributed by atoms with Crippen molar-refractivity contribution in [2.75, 3.05) is 30.8 Å². The van der Waals surface area contributed by atoms with Gasteiger partial charge in [0, 0.05) is 49.5 Å². The SMILES string of the molecule is CCC(=O)N[C@H]1C2CN(c3cnc(N)c(C(=N)OC(=N)c4ccc(CNC)cc4)n3)C[C@@H]21. The van der Waals surface area contributed by atoms with Gasteiger partial charge in [-0.05, 0) is 24.7 Å². The predicted octanol–water partition coefficient (Wildman–Crippen LogP) is 1.11. The van der Waals surface area contributed by atoms with Crippen molar-refractivity contribution in [3.8, 4) is 0 Å². The summed E-state index contributed by atoms with van der Waals surface area (Å²) in [6.45, 7) is 4.11. The molecule has 1 amide bonds. The lowest BCUT2D eigenvalue weighted by molar-refractivity contribution is -0.121. The number of fused-ring (bicyclic) bond motifs is 1. The highest BCUT2D eigenvalue weighted by Crippen LogP contribution is 2.46. The van der Waals surface area contributed by atoms with Crippen LogP contribution in [0.3, 0.4) is 0 Å². The van der Waals surface area contributed by atoms with E-state index in [0.717, 1.165) is 25.2 Å². The van der Waals surface area contributed by atoms with Crippen LogP contribution in [-0.4, -0.2) is 53.8 Å². The molecule has 1 saturated heterocycles. The van der Waals surface area contributed by atoms with Crippen molar-refractivity contribution >= 4 is 29.3 Å². The fraction of sp³-hybridized carbons (Fsp3) is 0.409. The summed E-state index contributed by atoms with van der Waals surface area (Å²) >= 11 is 0. The van der Waals surface area contributed by atoms with Crippen LogP contribution >= 0.6 is 0 Å². The molecule has 0 bridgehead atoms. The van der Waals surface area contributed by atoms with Crippen molar-refractivity contribution in [3.05, 3.63) is 47.3 Å². The molecule has 2 aromatic rings. The average molecular weight is 437 g/mol. The number of nitrogens with one attached hydrogen (secondary N) is 4. The topological polar surface area (TPSA) is 153 Å². The Kier molecular flexibility index (Phi) is 6.04. The molecule has 2 fully saturated rings. The van der Waals surface area contributed by atoms with Gasteiger partial charge in [0.15, 0.2) is 11.5 Å². The molecule has 10 heteroatoms. The number of amides is 1. The van der Waals surface area contributed by atoms with Gasteiger partial charge in [0.05, 0.1) is 6.20 Å². The van der Waals surface area contributed by atoms with E-state index < -0.39 is 0 Å². The smallest absolute Gasteiger partial charge is 0.243 e. The third-order valence-corrected chi connectivity index (χ3v) is 5.97. The zero-order valence-corrected chi connectivity index (χ0v) is 18.2. The summed E-state index contributed by atoms with van der Waals surface area (Å²) in [6.07, 6.45) is 2.08. The zero-order valence-electron chi connectivity index (χ0n) is 18.2. The Morgan fingerprint density at radius 1 is 1.22 bits per heavy atom. The van der Waals surface area contributed by atoms with Gasteiger partial charge in [0.2, 0.25) is 17.7 Å². The summed E-state index contributed by atoms with van der Waals surface area (Å²) in [5.74, 6) is 1.10. The highest BCUT2D eigenvalue weighted by Gasteiger charge is 2.56. The number of ether oxygens (including phenoxy) is 1. The maximum Gasteiger partial charge on any atom is 0.243 e. The Labute approximate surface area is 186 Å². The van der Waals surface area contributed by atoms with E-state index in [2.05, 4.69) is 25.5 Å². The van der Waals surface area contributed by atoms with Crippen LogP contribution in [0.15, 0.2) is 30.5 Å². The summed E-state index contributed by atoms with van der Waals surface area (Å²) in [7, 11) is 1.87. The first-order chi connectivity index (χ1) is 15.4. The number of hydrogen-bond acceptors (Lipinski definition) is 9. The van der Waals surface area contributed by atoms with Crippen molar-refractivity contribution in [2.45, 2.75) is 25.9 Å². The van der Waals surface area contributed by atoms with Crippen LogP contribution in [0.25, 0.3) is 0 Å². The van der Waals surface area contributed by atoms with Crippen LogP contribution in [0.1, 0.15) is 30.2 Å². The Morgan fingerprint density at radius 3 is 2.53 bits per heavy atom. The third kappa shape index (κ3) is 4.40. The van der Waals surface area contributed by atoms with E-state index in [1.165, 1.54) is 0 Å². The molecule has 6 N–H and O–H groups in total. The molecule has 168 valence electrons. The number of carbonyl (C=O) groups excluding carboxylic acids is 1. The molecular formula is C22H28N8O2. The summed E-state index contributed by atoms with van der Waals surface area (Å²) in [5.41, 5.74) is 7.69. The number of anilines is 2. The van der Waals surface area contributed by atoms with Crippen molar-refractivity contribution in [3.63, 3.8) is 0 Å². The summed E-state index contributed by atoms with van der Waals surface area (Å²) in [6, 6.07) is 7.59. The van der Waals surface area contributed by atoms with Crippen LogP contribution in [0, 0.1) is 22.7 Å². The third-order valence-electron chi connectivity index (χ3n) is 5.97. The van der Waals surface area contributed by atoms with Crippen molar-refractivity contribution in [1.82, 2.24) is 20.6 Å². The van der Waals surface area contributed by atoms with E-state index >= 15 is 0 Å². The van der Waals surface area contributed by atoms with E-state index in [0.29, 0.717) is 29.6 Å². The Hall–Kier alpha value is -3.53. The number of piperidine rings is 1. The first-order valence-corrected chi connectivity index (χ1v) is 10.7. The number of carbonyl (C=O) groups is 1. The second-order valence-electron chi connectivity index (χ2n) is 8.13. The Balaban J connectivity index is 1.39. The van der Waals surface area contributed by atoms with Crippen molar-refractivity contribution < 1.29 is 9.53 Å². The van der Waals surface area contributed by atoms with E-state index in [1.54, 1.807) is 18.3 Å². The lowest BCUT2D eigenvalue weighted by Gasteiger charge is -2.21. The molecule has 0 radical (unpaired) electrons. The minimum atomic E-state index is -0.321. The molecule has 1 aliphatic carbocycles. The van der Waals surface area contributed by atoms with Gasteiger partial charge in [-0.25, -0.2) is 9.97 Å². The fourth-order valence-electron chi connectivity index (χ4n) is 4.11. The summed E-state index contributed by atoms with van der Waals surface area (Å²) in [5, 5.41) is 22.6. The number of nitrogens with zero attached hydrogens (tertiary/aromatic N) is 3. The van der Waals surface area contributed by atoms with Gasteiger partial charge in [-0.1, -0.05) is 19.1 Å². The minimum Gasteiger partial charge on any atom is -0.419 e. The number of aromatic nitrogens is 2. The van der Waals surface area contributed by atoms with Gasteiger partial charge in [-0.3, -0.25) is 15.6 Å². The van der Waals surface area contributed by atoms with Crippen LogP contribution in [0.4, 0.5) is 11.6 Å². The van der Waals surface area contributed by atoms with Crippen LogP contribution < -0.4 is 21.3 Å². The molecule has 1 unspecified atom stereocenters. The number of nitrogens with two attached hydrogens (primary N) is 1. The number of hydrogen-bond donors (Lipinski definition) is 5. The first-order valence-electron chi connectivity index (χ1n) is 10.7. The highest BCUT2D eigenvalue weighted by molar-refractivity contribution is 6.05. The summed E-state index contributed by atoms with van der Waals surface area (Å²) in [4.78, 5) is 22.4. The van der Waals surface area contributed by atoms with Gasteiger partial charge in [-0.15, -0.1) is 0 Å². The van der Waals surface area contributed by atoms with E-state index in [9.17, 15) is 4.79 Å². The van der Waals surface area contributed by atoms with Gasteiger partial charge in [0.25, 0.3) is 0 Å². The fourth-order valence-corrected chi connectivity index (χ4v) is 4.11. The molecule has 1 aliphatic heterocycles.